The number of ketones is 2. The maximum Gasteiger partial charge on any atom is 0.268 e. The van der Waals surface area contributed by atoms with Crippen molar-refractivity contribution >= 4 is 27.3 Å². The van der Waals surface area contributed by atoms with Gasteiger partial charge in [0.2, 0.25) is 11.6 Å². The Morgan fingerprint density at radius 3 is 2.03 bits per heavy atom. The van der Waals surface area contributed by atoms with Crippen LogP contribution in [0.5, 0.6) is 0 Å². The molecule has 0 aromatic heterocycles. The molecule has 1 saturated heterocycles. The van der Waals surface area contributed by atoms with Crippen LogP contribution in [0.3, 0.4) is 0 Å². The SMILES string of the molecule is Cc1cc(C)cc(NS(=O)(=O)C2=C(N3CCC(C)CC3)C(=O)c3ccccc3C2=O)c1. The number of aryl methyl sites for hydroxylation is 2. The number of hydrogen-bond acceptors (Lipinski definition) is 5. The van der Waals surface area contributed by atoms with E-state index in [0.29, 0.717) is 24.7 Å². The molecular formula is C24H26N2O4S. The van der Waals surface area contributed by atoms with Crippen LogP contribution in [-0.2, 0) is 10.0 Å². The summed E-state index contributed by atoms with van der Waals surface area (Å²) in [4.78, 5) is 28.1. The predicted octanol–water partition coefficient (Wildman–Crippen LogP) is 4.07. The summed E-state index contributed by atoms with van der Waals surface area (Å²) in [6.45, 7) is 6.96. The Balaban J connectivity index is 1.86. The van der Waals surface area contributed by atoms with Crippen molar-refractivity contribution in [2.75, 3.05) is 17.8 Å². The first-order valence-electron chi connectivity index (χ1n) is 10.5. The van der Waals surface area contributed by atoms with Crippen LogP contribution in [0.4, 0.5) is 5.69 Å². The fourth-order valence-corrected chi connectivity index (χ4v) is 5.71. The number of carbonyl (C=O) groups is 2. The van der Waals surface area contributed by atoms with Gasteiger partial charge in [0.25, 0.3) is 10.0 Å². The Hall–Kier alpha value is -2.93. The van der Waals surface area contributed by atoms with Gasteiger partial charge in [-0.1, -0.05) is 37.3 Å². The third kappa shape index (κ3) is 4.02. The van der Waals surface area contributed by atoms with Gasteiger partial charge < -0.3 is 4.90 Å². The standard InChI is InChI=1S/C24H26N2O4S/c1-15-8-10-26(11-9-15)21-22(27)19-6-4-5-7-20(19)23(28)24(21)31(29,30)25-18-13-16(2)12-17(3)14-18/h4-7,12-15,25H,8-11H2,1-3H3. The number of sulfonamides is 1. The Bertz CT molecular complexity index is 1190. The largest absolute Gasteiger partial charge is 0.367 e. The van der Waals surface area contributed by atoms with E-state index in [1.54, 1.807) is 35.2 Å². The summed E-state index contributed by atoms with van der Waals surface area (Å²) < 4.78 is 29.5. The number of fused-ring (bicyclic) bond motifs is 1. The summed E-state index contributed by atoms with van der Waals surface area (Å²) in [5.74, 6) is -0.557. The molecular weight excluding hydrogens is 412 g/mol. The molecule has 6 nitrogen and oxygen atoms in total. The third-order valence-corrected chi connectivity index (χ3v) is 7.32. The molecule has 1 fully saturated rings. The number of piperidine rings is 1. The van der Waals surface area contributed by atoms with E-state index in [9.17, 15) is 18.0 Å². The summed E-state index contributed by atoms with van der Waals surface area (Å²) in [5, 5.41) is 0. The Kier molecular flexibility index (Phi) is 5.47. The maximum atomic E-state index is 13.5. The van der Waals surface area contributed by atoms with Crippen molar-refractivity contribution in [2.45, 2.75) is 33.6 Å². The van der Waals surface area contributed by atoms with Crippen LogP contribution in [0.2, 0.25) is 0 Å². The molecule has 1 aliphatic carbocycles. The van der Waals surface area contributed by atoms with Crippen molar-refractivity contribution in [3.8, 4) is 0 Å². The first kappa shape index (κ1) is 21.3. The van der Waals surface area contributed by atoms with E-state index in [4.69, 9.17) is 0 Å². The Labute approximate surface area is 183 Å². The molecule has 1 aliphatic heterocycles. The van der Waals surface area contributed by atoms with Crippen molar-refractivity contribution in [3.05, 3.63) is 75.3 Å². The molecule has 4 rings (SSSR count). The number of hydrogen-bond donors (Lipinski definition) is 1. The van der Waals surface area contributed by atoms with Gasteiger partial charge in [-0.2, -0.15) is 0 Å². The Morgan fingerprint density at radius 1 is 0.903 bits per heavy atom. The highest BCUT2D eigenvalue weighted by Crippen LogP contribution is 2.34. The van der Waals surface area contributed by atoms with Crippen LogP contribution in [0.15, 0.2) is 53.1 Å². The molecule has 0 amide bonds. The fraction of sp³-hybridized carbons (Fsp3) is 0.333. The summed E-state index contributed by atoms with van der Waals surface area (Å²) in [6.07, 6.45) is 1.68. The van der Waals surface area contributed by atoms with Gasteiger partial charge in [-0.15, -0.1) is 0 Å². The summed E-state index contributed by atoms with van der Waals surface area (Å²) >= 11 is 0. The lowest BCUT2D eigenvalue weighted by atomic mass is 9.90. The molecule has 1 N–H and O–H groups in total. The lowest BCUT2D eigenvalue weighted by molar-refractivity contribution is 0.0933. The highest BCUT2D eigenvalue weighted by atomic mass is 32.2. The fourth-order valence-electron chi connectivity index (χ4n) is 4.35. The van der Waals surface area contributed by atoms with Gasteiger partial charge in [-0.25, -0.2) is 8.42 Å². The zero-order valence-electron chi connectivity index (χ0n) is 17.9. The quantitative estimate of drug-likeness (QED) is 0.778. The zero-order valence-corrected chi connectivity index (χ0v) is 18.8. The van der Waals surface area contributed by atoms with E-state index < -0.39 is 26.5 Å². The monoisotopic (exact) mass is 438 g/mol. The van der Waals surface area contributed by atoms with E-state index in [2.05, 4.69) is 11.6 Å². The van der Waals surface area contributed by atoms with Crippen molar-refractivity contribution in [3.63, 3.8) is 0 Å². The second-order valence-corrected chi connectivity index (χ2v) is 10.2. The molecule has 0 saturated carbocycles. The highest BCUT2D eigenvalue weighted by molar-refractivity contribution is 7.97. The second-order valence-electron chi connectivity index (χ2n) is 8.53. The Morgan fingerprint density at radius 2 is 1.45 bits per heavy atom. The number of allylic oxidation sites excluding steroid dienone is 2. The number of nitrogens with zero attached hydrogens (tertiary/aromatic N) is 1. The zero-order chi connectivity index (χ0) is 22.3. The van der Waals surface area contributed by atoms with Crippen LogP contribution < -0.4 is 4.72 Å². The molecule has 0 radical (unpaired) electrons. The molecule has 2 aliphatic rings. The number of likely N-dealkylation sites (tertiary alicyclic amines) is 1. The van der Waals surface area contributed by atoms with Gasteiger partial charge in [0.15, 0.2) is 4.91 Å². The normalized spacial score (nSPS) is 17.7. The molecule has 31 heavy (non-hydrogen) atoms. The van der Waals surface area contributed by atoms with E-state index in [0.717, 1.165) is 24.0 Å². The lowest BCUT2D eigenvalue weighted by Crippen LogP contribution is -2.41. The van der Waals surface area contributed by atoms with Crippen molar-refractivity contribution in [1.82, 2.24) is 4.90 Å². The maximum absolute atomic E-state index is 13.5. The number of nitrogens with one attached hydrogen (secondary N) is 1. The molecule has 2 aromatic carbocycles. The molecule has 0 unspecified atom stereocenters. The number of benzene rings is 2. The van der Waals surface area contributed by atoms with Crippen LogP contribution in [0.25, 0.3) is 0 Å². The third-order valence-electron chi connectivity index (χ3n) is 5.90. The van der Waals surface area contributed by atoms with E-state index in [1.807, 2.05) is 19.9 Å². The van der Waals surface area contributed by atoms with Gasteiger partial charge in [-0.3, -0.25) is 14.3 Å². The lowest BCUT2D eigenvalue weighted by Gasteiger charge is -2.35. The molecule has 0 atom stereocenters. The number of anilines is 1. The van der Waals surface area contributed by atoms with Crippen LogP contribution in [-0.4, -0.2) is 38.0 Å². The topological polar surface area (TPSA) is 83.6 Å². The minimum Gasteiger partial charge on any atom is -0.367 e. The van der Waals surface area contributed by atoms with Crippen LogP contribution in [0.1, 0.15) is 51.6 Å². The highest BCUT2D eigenvalue weighted by Gasteiger charge is 2.42. The second kappa shape index (κ2) is 7.96. The average Bonchev–Trinajstić information content (AvgIpc) is 2.70. The molecule has 162 valence electrons. The molecule has 2 aromatic rings. The number of Topliss-reactive ketones (excluding diaryl/α,β-unsaturated/α-hetero) is 2. The molecule has 0 spiro atoms. The smallest absolute Gasteiger partial charge is 0.268 e. The predicted molar refractivity (Wildman–Crippen MR) is 121 cm³/mol. The average molecular weight is 439 g/mol. The summed E-state index contributed by atoms with van der Waals surface area (Å²) in [7, 11) is -4.29. The first-order chi connectivity index (χ1) is 14.7. The van der Waals surface area contributed by atoms with E-state index in [1.165, 1.54) is 6.07 Å². The van der Waals surface area contributed by atoms with Crippen LogP contribution >= 0.6 is 0 Å². The van der Waals surface area contributed by atoms with Crippen molar-refractivity contribution in [1.29, 1.82) is 0 Å². The molecule has 7 heteroatoms. The van der Waals surface area contributed by atoms with Crippen LogP contribution in [0, 0.1) is 19.8 Å². The van der Waals surface area contributed by atoms with Gasteiger partial charge in [0.1, 0.15) is 5.70 Å². The van der Waals surface area contributed by atoms with E-state index >= 15 is 0 Å². The van der Waals surface area contributed by atoms with Gasteiger partial charge in [0.05, 0.1) is 0 Å². The minimum absolute atomic E-state index is 0.00697. The number of rotatable bonds is 4. The molecule has 0 bridgehead atoms. The molecule has 1 heterocycles. The van der Waals surface area contributed by atoms with Gasteiger partial charge >= 0.3 is 0 Å². The van der Waals surface area contributed by atoms with Crippen molar-refractivity contribution < 1.29 is 18.0 Å². The summed E-state index contributed by atoms with van der Waals surface area (Å²) in [6, 6.07) is 11.8. The van der Waals surface area contributed by atoms with Gasteiger partial charge in [-0.05, 0) is 55.9 Å². The first-order valence-corrected chi connectivity index (χ1v) is 11.9. The van der Waals surface area contributed by atoms with E-state index in [-0.39, 0.29) is 16.8 Å². The number of carbonyl (C=O) groups excluding carboxylic acids is 2. The summed E-state index contributed by atoms with van der Waals surface area (Å²) in [5.41, 5.74) is 2.54. The van der Waals surface area contributed by atoms with Gasteiger partial charge in [0, 0.05) is 29.9 Å². The van der Waals surface area contributed by atoms with Crippen molar-refractivity contribution in [2.24, 2.45) is 5.92 Å². The minimum atomic E-state index is -4.29.